The summed E-state index contributed by atoms with van der Waals surface area (Å²) in [5.41, 5.74) is 0.607. The van der Waals surface area contributed by atoms with Crippen LogP contribution < -0.4 is 10.2 Å². The van der Waals surface area contributed by atoms with E-state index in [1.165, 1.54) is 41.0 Å². The molecule has 1 aromatic carbocycles. The second kappa shape index (κ2) is 6.03. The van der Waals surface area contributed by atoms with Gasteiger partial charge in [-0.2, -0.15) is 0 Å². The fraction of sp³-hybridized carbons (Fsp3) is 0.286. The van der Waals surface area contributed by atoms with Gasteiger partial charge in [0.1, 0.15) is 11.8 Å². The first kappa shape index (κ1) is 14.9. The molecule has 1 saturated heterocycles. The van der Waals surface area contributed by atoms with Crippen molar-refractivity contribution in [3.05, 3.63) is 36.4 Å². The van der Waals surface area contributed by atoms with Crippen LogP contribution in [0.2, 0.25) is 0 Å². The number of aromatic nitrogens is 3. The van der Waals surface area contributed by atoms with Gasteiger partial charge in [-0.05, 0) is 18.2 Å². The normalized spacial score (nSPS) is 17.2. The molecule has 0 unspecified atom stereocenters. The lowest BCUT2D eigenvalue weighted by molar-refractivity contribution is -0.119. The zero-order chi connectivity index (χ0) is 16.4. The fourth-order valence-corrected chi connectivity index (χ4v) is 2.28. The number of anilines is 1. The number of benzene rings is 1. The quantitative estimate of drug-likeness (QED) is 0.903. The zero-order valence-electron chi connectivity index (χ0n) is 12.3. The van der Waals surface area contributed by atoms with Gasteiger partial charge in [-0.15, -0.1) is 5.10 Å². The summed E-state index contributed by atoms with van der Waals surface area (Å²) >= 11 is 0. The molecule has 0 aliphatic carbocycles. The monoisotopic (exact) mass is 319 g/mol. The van der Waals surface area contributed by atoms with Crippen LogP contribution in [0.3, 0.4) is 0 Å². The number of nitrogens with zero attached hydrogens (tertiary/aromatic N) is 4. The topological polar surface area (TPSA) is 89.4 Å². The smallest absolute Gasteiger partial charge is 0.414 e. The third-order valence-electron chi connectivity index (χ3n) is 3.37. The van der Waals surface area contributed by atoms with Crippen molar-refractivity contribution in [2.45, 2.75) is 13.0 Å². The number of carbonyl (C=O) groups excluding carboxylic acids is 2. The van der Waals surface area contributed by atoms with Gasteiger partial charge in [0.2, 0.25) is 5.91 Å². The molecule has 9 heteroatoms. The molecule has 2 aromatic rings. The molecule has 2 heterocycles. The summed E-state index contributed by atoms with van der Waals surface area (Å²) in [5, 5.41) is 9.93. The fourth-order valence-electron chi connectivity index (χ4n) is 2.28. The average Bonchev–Trinajstić information content (AvgIpc) is 3.14. The van der Waals surface area contributed by atoms with Gasteiger partial charge >= 0.3 is 6.09 Å². The number of cyclic esters (lactones) is 1. The second-order valence-electron chi connectivity index (χ2n) is 5.04. The minimum absolute atomic E-state index is 0.206. The lowest BCUT2D eigenvalue weighted by Gasteiger charge is -2.14. The molecule has 0 spiro atoms. The van der Waals surface area contributed by atoms with Crippen LogP contribution in [0.25, 0.3) is 5.69 Å². The molecule has 2 amide bonds. The standard InChI is InChI=1S/C14H14FN5O3/c1-9(21)16-7-11-8-19(14(22)23-11)10-2-3-13(12(15)6-10)20-5-4-17-18-20/h2-6,11H,7-8H2,1H3,(H,16,21)/t11-/m0/s1. The van der Waals surface area contributed by atoms with Crippen LogP contribution in [0.4, 0.5) is 14.9 Å². The van der Waals surface area contributed by atoms with Gasteiger partial charge in [0.25, 0.3) is 0 Å². The third kappa shape index (κ3) is 3.12. The summed E-state index contributed by atoms with van der Waals surface area (Å²) < 4.78 is 20.7. The third-order valence-corrected chi connectivity index (χ3v) is 3.37. The van der Waals surface area contributed by atoms with Gasteiger partial charge in [-0.1, -0.05) is 5.21 Å². The first-order valence-corrected chi connectivity index (χ1v) is 6.93. The van der Waals surface area contributed by atoms with Crippen molar-refractivity contribution in [3.8, 4) is 5.69 Å². The molecule has 8 nitrogen and oxygen atoms in total. The van der Waals surface area contributed by atoms with Crippen LogP contribution in [0, 0.1) is 5.82 Å². The molecule has 0 saturated carbocycles. The number of nitrogens with one attached hydrogen (secondary N) is 1. The van der Waals surface area contributed by atoms with E-state index in [2.05, 4.69) is 15.6 Å². The SMILES string of the molecule is CC(=O)NC[C@H]1CN(c2ccc(-n3ccnn3)c(F)c2)C(=O)O1. The van der Waals surface area contributed by atoms with Gasteiger partial charge in [0.05, 0.1) is 31.2 Å². The van der Waals surface area contributed by atoms with Crippen molar-refractivity contribution in [2.75, 3.05) is 18.0 Å². The highest BCUT2D eigenvalue weighted by Crippen LogP contribution is 2.25. The van der Waals surface area contributed by atoms with Crippen LogP contribution in [-0.4, -0.2) is 46.2 Å². The van der Waals surface area contributed by atoms with Crippen LogP contribution in [-0.2, 0) is 9.53 Å². The summed E-state index contributed by atoms with van der Waals surface area (Å²) in [7, 11) is 0. The van der Waals surface area contributed by atoms with E-state index in [0.717, 1.165) is 0 Å². The highest BCUT2D eigenvalue weighted by atomic mass is 19.1. The maximum absolute atomic E-state index is 14.2. The molecule has 1 aliphatic heterocycles. The lowest BCUT2D eigenvalue weighted by atomic mass is 10.2. The minimum atomic E-state index is -0.576. The van der Waals surface area contributed by atoms with Crippen LogP contribution in [0.5, 0.6) is 0 Å². The maximum atomic E-state index is 14.2. The van der Waals surface area contributed by atoms with Crippen molar-refractivity contribution in [1.29, 1.82) is 0 Å². The second-order valence-corrected chi connectivity index (χ2v) is 5.04. The highest BCUT2D eigenvalue weighted by Gasteiger charge is 2.32. The number of hydrogen-bond donors (Lipinski definition) is 1. The molecule has 1 N–H and O–H groups in total. The highest BCUT2D eigenvalue weighted by molar-refractivity contribution is 5.90. The molecule has 1 fully saturated rings. The van der Waals surface area contributed by atoms with Crippen molar-refractivity contribution in [3.63, 3.8) is 0 Å². The van der Waals surface area contributed by atoms with Crippen molar-refractivity contribution in [1.82, 2.24) is 20.3 Å². The number of halogens is 1. The van der Waals surface area contributed by atoms with Gasteiger partial charge in [-0.3, -0.25) is 9.69 Å². The summed E-state index contributed by atoms with van der Waals surface area (Å²) in [6.07, 6.45) is 1.92. The predicted molar refractivity (Wildman–Crippen MR) is 77.6 cm³/mol. The van der Waals surface area contributed by atoms with E-state index in [4.69, 9.17) is 4.74 Å². The first-order valence-electron chi connectivity index (χ1n) is 6.93. The number of carbonyl (C=O) groups is 2. The van der Waals surface area contributed by atoms with Gasteiger partial charge in [-0.25, -0.2) is 13.9 Å². The molecular weight excluding hydrogens is 305 g/mol. The van der Waals surface area contributed by atoms with Gasteiger partial charge in [0, 0.05) is 6.92 Å². The molecule has 1 aromatic heterocycles. The minimum Gasteiger partial charge on any atom is -0.442 e. The Kier molecular flexibility index (Phi) is 3.92. The van der Waals surface area contributed by atoms with Crippen LogP contribution in [0.1, 0.15) is 6.92 Å². The summed E-state index contributed by atoms with van der Waals surface area (Å²) in [4.78, 5) is 24.1. The van der Waals surface area contributed by atoms with Crippen molar-refractivity contribution >= 4 is 17.7 Å². The Morgan fingerprint density at radius 1 is 1.52 bits per heavy atom. The Morgan fingerprint density at radius 2 is 2.35 bits per heavy atom. The molecule has 1 aliphatic rings. The average molecular weight is 319 g/mol. The van der Waals surface area contributed by atoms with E-state index < -0.39 is 18.0 Å². The van der Waals surface area contributed by atoms with E-state index >= 15 is 0 Å². The van der Waals surface area contributed by atoms with Crippen LogP contribution >= 0.6 is 0 Å². The molecule has 3 rings (SSSR count). The molecule has 0 bridgehead atoms. The molecular formula is C14H14FN5O3. The Bertz CT molecular complexity index is 734. The molecule has 23 heavy (non-hydrogen) atoms. The number of amides is 2. The van der Waals surface area contributed by atoms with E-state index in [1.807, 2.05) is 0 Å². The van der Waals surface area contributed by atoms with Crippen LogP contribution in [0.15, 0.2) is 30.6 Å². The maximum Gasteiger partial charge on any atom is 0.414 e. The first-order chi connectivity index (χ1) is 11.0. The number of rotatable bonds is 4. The summed E-state index contributed by atoms with van der Waals surface area (Å²) in [6.45, 7) is 1.84. The molecule has 120 valence electrons. The Balaban J connectivity index is 1.76. The number of ether oxygens (including phenoxy) is 1. The van der Waals surface area contributed by atoms with Crippen molar-refractivity contribution in [2.24, 2.45) is 0 Å². The number of hydrogen-bond acceptors (Lipinski definition) is 5. The van der Waals surface area contributed by atoms with Gasteiger partial charge in [0.15, 0.2) is 5.82 Å². The summed E-state index contributed by atoms with van der Waals surface area (Å²) in [5.74, 6) is -0.742. The Labute approximate surface area is 130 Å². The van der Waals surface area contributed by atoms with Gasteiger partial charge < -0.3 is 10.1 Å². The Morgan fingerprint density at radius 3 is 3.00 bits per heavy atom. The largest absolute Gasteiger partial charge is 0.442 e. The molecule has 0 radical (unpaired) electrons. The predicted octanol–water partition coefficient (Wildman–Crippen LogP) is 0.868. The lowest BCUT2D eigenvalue weighted by Crippen LogP contribution is -2.33. The van der Waals surface area contributed by atoms with E-state index in [0.29, 0.717) is 5.69 Å². The van der Waals surface area contributed by atoms with Crippen molar-refractivity contribution < 1.29 is 18.7 Å². The summed E-state index contributed by atoms with van der Waals surface area (Å²) in [6, 6.07) is 4.34. The zero-order valence-corrected chi connectivity index (χ0v) is 12.3. The van der Waals surface area contributed by atoms with E-state index in [1.54, 1.807) is 6.07 Å². The molecule has 1 atom stereocenters. The van der Waals surface area contributed by atoms with E-state index in [-0.39, 0.29) is 24.7 Å². The van der Waals surface area contributed by atoms with E-state index in [9.17, 15) is 14.0 Å². The Hall–Kier alpha value is -2.97.